The molecule has 0 bridgehead atoms. The fourth-order valence-electron chi connectivity index (χ4n) is 2.28. The van der Waals surface area contributed by atoms with Crippen molar-refractivity contribution in [2.45, 2.75) is 36.5 Å². The molecule has 9 heteroatoms. The van der Waals surface area contributed by atoms with Gasteiger partial charge in [0.05, 0.1) is 13.2 Å². The molecule has 152 valence electrons. The number of methoxy groups -OCH3 is 1. The van der Waals surface area contributed by atoms with Crippen LogP contribution in [0.4, 0.5) is 13.2 Å². The summed E-state index contributed by atoms with van der Waals surface area (Å²) < 4.78 is 48.1. The second-order valence-corrected chi connectivity index (χ2v) is 7.10. The highest BCUT2D eigenvalue weighted by Crippen LogP contribution is 2.36. The third-order valence-corrected chi connectivity index (χ3v) is 4.59. The Morgan fingerprint density at radius 2 is 1.89 bits per heavy atom. The zero-order valence-electron chi connectivity index (χ0n) is 15.4. The van der Waals surface area contributed by atoms with Gasteiger partial charge in [-0.1, -0.05) is 18.2 Å². The van der Waals surface area contributed by atoms with Crippen molar-refractivity contribution in [3.8, 4) is 11.5 Å². The first-order valence-electron chi connectivity index (χ1n) is 8.35. The van der Waals surface area contributed by atoms with E-state index in [1.54, 1.807) is 37.3 Å². The summed E-state index contributed by atoms with van der Waals surface area (Å²) in [6.07, 6.45) is 0. The lowest BCUT2D eigenvalue weighted by atomic mass is 10.1. The van der Waals surface area contributed by atoms with E-state index in [9.17, 15) is 18.0 Å². The number of primary amides is 1. The topological polar surface area (TPSA) is 73.6 Å². The van der Waals surface area contributed by atoms with E-state index < -0.39 is 17.5 Å². The van der Waals surface area contributed by atoms with Gasteiger partial charge in [0.1, 0.15) is 18.1 Å². The predicted octanol–water partition coefficient (Wildman–Crippen LogP) is 3.85. The second-order valence-electron chi connectivity index (χ2n) is 5.96. The van der Waals surface area contributed by atoms with Gasteiger partial charge in [-0.3, -0.25) is 4.79 Å². The Balaban J connectivity index is 1.96. The molecule has 1 atom stereocenters. The minimum Gasteiger partial charge on any atom is -0.496 e. The van der Waals surface area contributed by atoms with E-state index in [0.29, 0.717) is 18.0 Å². The number of nitrogens with one attached hydrogen (secondary N) is 1. The Kier molecular flexibility index (Phi) is 7.59. The normalized spacial score (nSPS) is 12.5. The Labute approximate surface area is 165 Å². The number of amides is 1. The van der Waals surface area contributed by atoms with Gasteiger partial charge in [0, 0.05) is 23.1 Å². The standard InChI is InChI=1S/C19H21F3N2O3S/c1-12(18(23)25)24-10-14-5-6-15(9-17(14)26-2)27-11-13-3-7-16(8-4-13)28-19(20,21)22/h3-9,12,24H,10-11H2,1-2H3,(H2,23,25). The van der Waals surface area contributed by atoms with E-state index in [-0.39, 0.29) is 23.3 Å². The molecule has 0 heterocycles. The number of alkyl halides is 3. The third kappa shape index (κ3) is 6.97. The van der Waals surface area contributed by atoms with Crippen LogP contribution in [-0.4, -0.2) is 24.6 Å². The van der Waals surface area contributed by atoms with E-state index in [4.69, 9.17) is 15.2 Å². The summed E-state index contributed by atoms with van der Waals surface area (Å²) in [5.74, 6) is 0.689. The Hall–Kier alpha value is -2.39. The summed E-state index contributed by atoms with van der Waals surface area (Å²) in [6, 6.07) is 10.8. The molecular weight excluding hydrogens is 393 g/mol. The molecule has 5 nitrogen and oxygen atoms in total. The van der Waals surface area contributed by atoms with Crippen molar-refractivity contribution < 1.29 is 27.4 Å². The van der Waals surface area contributed by atoms with Gasteiger partial charge in [-0.2, -0.15) is 13.2 Å². The van der Waals surface area contributed by atoms with Crippen molar-refractivity contribution in [3.63, 3.8) is 0 Å². The van der Waals surface area contributed by atoms with Crippen LogP contribution in [0.15, 0.2) is 47.4 Å². The Bertz CT molecular complexity index is 798. The first-order chi connectivity index (χ1) is 13.2. The molecule has 0 aromatic heterocycles. The minimum atomic E-state index is -4.31. The number of thioether (sulfide) groups is 1. The van der Waals surface area contributed by atoms with E-state index in [1.165, 1.54) is 19.2 Å². The van der Waals surface area contributed by atoms with Crippen molar-refractivity contribution in [3.05, 3.63) is 53.6 Å². The highest BCUT2D eigenvalue weighted by Gasteiger charge is 2.28. The lowest BCUT2D eigenvalue weighted by molar-refractivity contribution is -0.119. The molecule has 2 aromatic carbocycles. The monoisotopic (exact) mass is 414 g/mol. The highest BCUT2D eigenvalue weighted by atomic mass is 32.2. The van der Waals surface area contributed by atoms with E-state index in [1.807, 2.05) is 0 Å². The summed E-state index contributed by atoms with van der Waals surface area (Å²) in [4.78, 5) is 11.2. The molecule has 0 aliphatic carbocycles. The van der Waals surface area contributed by atoms with Gasteiger partial charge < -0.3 is 20.5 Å². The van der Waals surface area contributed by atoms with Crippen molar-refractivity contribution in [1.29, 1.82) is 0 Å². The minimum absolute atomic E-state index is 0.125. The summed E-state index contributed by atoms with van der Waals surface area (Å²) in [5, 5.41) is 2.99. The van der Waals surface area contributed by atoms with Gasteiger partial charge in [0.25, 0.3) is 0 Å². The van der Waals surface area contributed by atoms with Crippen LogP contribution >= 0.6 is 11.8 Å². The summed E-state index contributed by atoms with van der Waals surface area (Å²) >= 11 is -0.153. The van der Waals surface area contributed by atoms with Crippen LogP contribution in [0.5, 0.6) is 11.5 Å². The molecule has 2 aromatic rings. The predicted molar refractivity (Wildman–Crippen MR) is 101 cm³/mol. The number of hydrogen-bond acceptors (Lipinski definition) is 5. The molecule has 0 saturated carbocycles. The number of halogens is 3. The third-order valence-electron chi connectivity index (χ3n) is 3.85. The average molecular weight is 414 g/mol. The van der Waals surface area contributed by atoms with Crippen molar-refractivity contribution >= 4 is 17.7 Å². The van der Waals surface area contributed by atoms with Crippen LogP contribution in [0, 0.1) is 0 Å². The molecule has 0 radical (unpaired) electrons. The molecule has 0 spiro atoms. The zero-order valence-corrected chi connectivity index (χ0v) is 16.2. The summed E-state index contributed by atoms with van der Waals surface area (Å²) in [6.45, 7) is 2.27. The van der Waals surface area contributed by atoms with Crippen LogP contribution in [0.3, 0.4) is 0 Å². The van der Waals surface area contributed by atoms with Crippen LogP contribution < -0.4 is 20.5 Å². The van der Waals surface area contributed by atoms with Crippen LogP contribution in [0.25, 0.3) is 0 Å². The molecule has 1 amide bonds. The van der Waals surface area contributed by atoms with E-state index in [0.717, 1.165) is 11.1 Å². The summed E-state index contributed by atoms with van der Waals surface area (Å²) in [7, 11) is 1.52. The highest BCUT2D eigenvalue weighted by molar-refractivity contribution is 8.00. The van der Waals surface area contributed by atoms with Crippen LogP contribution in [-0.2, 0) is 17.9 Å². The van der Waals surface area contributed by atoms with Gasteiger partial charge in [-0.25, -0.2) is 0 Å². The number of ether oxygens (including phenoxy) is 2. The zero-order chi connectivity index (χ0) is 20.7. The number of rotatable bonds is 9. The van der Waals surface area contributed by atoms with Gasteiger partial charge in [-0.15, -0.1) is 0 Å². The molecule has 0 aliphatic rings. The molecule has 1 unspecified atom stereocenters. The summed E-state index contributed by atoms with van der Waals surface area (Å²) in [5.41, 5.74) is 2.49. The largest absolute Gasteiger partial charge is 0.496 e. The SMILES string of the molecule is COc1cc(OCc2ccc(SC(F)(F)F)cc2)ccc1CNC(C)C(N)=O. The first-order valence-corrected chi connectivity index (χ1v) is 9.16. The van der Waals surface area contributed by atoms with E-state index >= 15 is 0 Å². The molecule has 0 saturated heterocycles. The molecule has 0 aliphatic heterocycles. The number of carbonyl (C=O) groups is 1. The molecule has 2 rings (SSSR count). The lowest BCUT2D eigenvalue weighted by Crippen LogP contribution is -2.38. The van der Waals surface area contributed by atoms with Crippen molar-refractivity contribution in [1.82, 2.24) is 5.32 Å². The van der Waals surface area contributed by atoms with Crippen LogP contribution in [0.2, 0.25) is 0 Å². The van der Waals surface area contributed by atoms with Gasteiger partial charge in [0.15, 0.2) is 0 Å². The number of nitrogens with two attached hydrogens (primary N) is 1. The van der Waals surface area contributed by atoms with Gasteiger partial charge in [0.2, 0.25) is 5.91 Å². The average Bonchev–Trinajstić information content (AvgIpc) is 2.64. The van der Waals surface area contributed by atoms with Gasteiger partial charge in [-0.05, 0) is 42.4 Å². The second kappa shape index (κ2) is 9.70. The molecule has 28 heavy (non-hydrogen) atoms. The maximum absolute atomic E-state index is 12.4. The van der Waals surface area contributed by atoms with Crippen molar-refractivity contribution in [2.24, 2.45) is 5.73 Å². The van der Waals surface area contributed by atoms with E-state index in [2.05, 4.69) is 5.32 Å². The van der Waals surface area contributed by atoms with Crippen LogP contribution in [0.1, 0.15) is 18.1 Å². The Morgan fingerprint density at radius 1 is 1.21 bits per heavy atom. The maximum atomic E-state index is 12.4. The van der Waals surface area contributed by atoms with Crippen molar-refractivity contribution in [2.75, 3.05) is 7.11 Å². The fraction of sp³-hybridized carbons (Fsp3) is 0.316. The fourth-order valence-corrected chi connectivity index (χ4v) is 2.82. The quantitative estimate of drug-likeness (QED) is 0.610. The smallest absolute Gasteiger partial charge is 0.446 e. The Morgan fingerprint density at radius 3 is 2.46 bits per heavy atom. The maximum Gasteiger partial charge on any atom is 0.446 e. The number of benzene rings is 2. The van der Waals surface area contributed by atoms with Gasteiger partial charge >= 0.3 is 5.51 Å². The molecule has 0 fully saturated rings. The lowest BCUT2D eigenvalue weighted by Gasteiger charge is -2.14. The first kappa shape index (κ1) is 21.9. The molecular formula is C19H21F3N2O3S. The number of hydrogen-bond donors (Lipinski definition) is 2. The molecule has 3 N–H and O–H groups in total. The number of carbonyl (C=O) groups excluding carboxylic acids is 1.